The fraction of sp³-hybridized carbons (Fsp3) is 0.182. The first-order chi connectivity index (χ1) is 14.3. The molecule has 0 saturated heterocycles. The van der Waals surface area contributed by atoms with Gasteiger partial charge in [-0.05, 0) is 11.6 Å². The quantitative estimate of drug-likeness (QED) is 0.566. The molecule has 3 heterocycles. The van der Waals surface area contributed by atoms with Crippen molar-refractivity contribution in [2.45, 2.75) is 19.4 Å². The van der Waals surface area contributed by atoms with Crippen LogP contribution < -0.4 is 0 Å². The molecule has 0 saturated carbocycles. The highest BCUT2D eigenvalue weighted by molar-refractivity contribution is 6.00. The number of aromatic nitrogens is 5. The summed E-state index contributed by atoms with van der Waals surface area (Å²) >= 11 is 0. The highest BCUT2D eigenvalue weighted by Gasteiger charge is 2.27. The van der Waals surface area contributed by atoms with E-state index in [1.165, 1.54) is 11.9 Å². The standard InChI is InChI=1S/C22H20N6O/c29-22(17-9-5-4-8-16(17)21-23-14-24-27-21)28-11-10-19-18(13-28)20(26-25-19)12-15-6-2-1-3-7-15/h1-9,14H,10-13H2,(H,25,26)(H,23,24,27). The Labute approximate surface area is 167 Å². The van der Waals surface area contributed by atoms with Gasteiger partial charge in [0.1, 0.15) is 6.33 Å². The van der Waals surface area contributed by atoms with E-state index in [0.717, 1.165) is 35.4 Å². The smallest absolute Gasteiger partial charge is 0.254 e. The van der Waals surface area contributed by atoms with Gasteiger partial charge in [0.05, 0.1) is 11.3 Å². The molecule has 144 valence electrons. The molecule has 7 nitrogen and oxygen atoms in total. The zero-order valence-electron chi connectivity index (χ0n) is 15.8. The molecule has 2 aromatic heterocycles. The second kappa shape index (κ2) is 7.35. The molecule has 0 atom stereocenters. The summed E-state index contributed by atoms with van der Waals surface area (Å²) in [6.07, 6.45) is 2.97. The van der Waals surface area contributed by atoms with Gasteiger partial charge in [-0.15, -0.1) is 0 Å². The number of H-pyrrole nitrogens is 2. The lowest BCUT2D eigenvalue weighted by molar-refractivity contribution is 0.0734. The second-order valence-electron chi connectivity index (χ2n) is 7.15. The Morgan fingerprint density at radius 2 is 1.86 bits per heavy atom. The molecule has 0 radical (unpaired) electrons. The van der Waals surface area contributed by atoms with Crippen molar-refractivity contribution >= 4 is 5.91 Å². The molecule has 0 fully saturated rings. The minimum atomic E-state index is -0.00508. The van der Waals surface area contributed by atoms with Crippen LogP contribution in [0.25, 0.3) is 11.4 Å². The Morgan fingerprint density at radius 3 is 2.69 bits per heavy atom. The van der Waals surface area contributed by atoms with Crippen LogP contribution in [0.3, 0.4) is 0 Å². The van der Waals surface area contributed by atoms with Gasteiger partial charge in [-0.2, -0.15) is 10.2 Å². The van der Waals surface area contributed by atoms with Crippen molar-refractivity contribution in [3.63, 3.8) is 0 Å². The summed E-state index contributed by atoms with van der Waals surface area (Å²) in [6, 6.07) is 17.8. The molecule has 5 rings (SSSR count). The van der Waals surface area contributed by atoms with E-state index < -0.39 is 0 Å². The lowest BCUT2D eigenvalue weighted by Gasteiger charge is -2.28. The first kappa shape index (κ1) is 17.4. The van der Waals surface area contributed by atoms with Crippen LogP contribution in [0.5, 0.6) is 0 Å². The van der Waals surface area contributed by atoms with Gasteiger partial charge in [0, 0.05) is 42.8 Å². The predicted molar refractivity (Wildman–Crippen MR) is 108 cm³/mol. The maximum atomic E-state index is 13.4. The van der Waals surface area contributed by atoms with Crippen LogP contribution in [0.15, 0.2) is 60.9 Å². The van der Waals surface area contributed by atoms with Crippen LogP contribution in [-0.2, 0) is 19.4 Å². The van der Waals surface area contributed by atoms with E-state index >= 15 is 0 Å². The van der Waals surface area contributed by atoms with Crippen LogP contribution in [0.1, 0.15) is 32.9 Å². The van der Waals surface area contributed by atoms with Crippen molar-refractivity contribution in [2.24, 2.45) is 0 Å². The van der Waals surface area contributed by atoms with Crippen molar-refractivity contribution in [2.75, 3.05) is 6.54 Å². The molecule has 2 N–H and O–H groups in total. The minimum Gasteiger partial charge on any atom is -0.334 e. The Kier molecular flexibility index (Phi) is 4.40. The first-order valence-electron chi connectivity index (χ1n) is 9.62. The van der Waals surface area contributed by atoms with E-state index in [-0.39, 0.29) is 5.91 Å². The van der Waals surface area contributed by atoms with Crippen molar-refractivity contribution < 1.29 is 4.79 Å². The van der Waals surface area contributed by atoms with E-state index in [0.29, 0.717) is 24.5 Å². The summed E-state index contributed by atoms with van der Waals surface area (Å²) in [5.74, 6) is 0.592. The molecule has 0 aliphatic carbocycles. The molecule has 0 bridgehead atoms. The Hall–Kier alpha value is -3.74. The van der Waals surface area contributed by atoms with Gasteiger partial charge in [-0.1, -0.05) is 48.5 Å². The number of benzene rings is 2. The molecule has 1 aliphatic rings. The maximum absolute atomic E-state index is 13.4. The number of carbonyl (C=O) groups excluding carboxylic acids is 1. The van der Waals surface area contributed by atoms with Gasteiger partial charge < -0.3 is 4.90 Å². The number of hydrogen-bond acceptors (Lipinski definition) is 4. The minimum absolute atomic E-state index is 0.00508. The van der Waals surface area contributed by atoms with Crippen LogP contribution in [0, 0.1) is 0 Å². The monoisotopic (exact) mass is 384 g/mol. The van der Waals surface area contributed by atoms with Gasteiger partial charge in [0.15, 0.2) is 5.82 Å². The van der Waals surface area contributed by atoms with E-state index in [1.807, 2.05) is 47.4 Å². The highest BCUT2D eigenvalue weighted by atomic mass is 16.2. The number of rotatable bonds is 4. The fourth-order valence-corrected chi connectivity index (χ4v) is 3.84. The zero-order valence-corrected chi connectivity index (χ0v) is 15.8. The van der Waals surface area contributed by atoms with Crippen molar-refractivity contribution in [1.29, 1.82) is 0 Å². The number of amides is 1. The maximum Gasteiger partial charge on any atom is 0.254 e. The van der Waals surface area contributed by atoms with Gasteiger partial charge in [0.25, 0.3) is 5.91 Å². The van der Waals surface area contributed by atoms with E-state index in [1.54, 1.807) is 0 Å². The molecular formula is C22H20N6O. The molecular weight excluding hydrogens is 364 g/mol. The average Bonchev–Trinajstić information content (AvgIpc) is 3.44. The number of carbonyl (C=O) groups is 1. The van der Waals surface area contributed by atoms with Crippen LogP contribution in [0.2, 0.25) is 0 Å². The largest absolute Gasteiger partial charge is 0.334 e. The number of aromatic amines is 2. The van der Waals surface area contributed by atoms with Gasteiger partial charge in [-0.3, -0.25) is 15.0 Å². The summed E-state index contributed by atoms with van der Waals surface area (Å²) in [5.41, 5.74) is 5.86. The summed E-state index contributed by atoms with van der Waals surface area (Å²) < 4.78 is 0. The van der Waals surface area contributed by atoms with Gasteiger partial charge in [0.2, 0.25) is 0 Å². The van der Waals surface area contributed by atoms with Gasteiger partial charge >= 0.3 is 0 Å². The molecule has 4 aromatic rings. The third-order valence-electron chi connectivity index (χ3n) is 5.35. The van der Waals surface area contributed by atoms with Gasteiger partial charge in [-0.25, -0.2) is 4.98 Å². The third kappa shape index (κ3) is 3.31. The molecule has 1 amide bonds. The molecule has 0 spiro atoms. The predicted octanol–water partition coefficient (Wildman–Crippen LogP) is 2.98. The molecule has 0 unspecified atom stereocenters. The SMILES string of the molecule is O=C(c1ccccc1-c1ncn[nH]1)N1CCc2[nH]nc(Cc3ccccc3)c2C1. The van der Waals surface area contributed by atoms with Crippen LogP contribution in [-0.4, -0.2) is 42.7 Å². The number of nitrogens with one attached hydrogen (secondary N) is 2. The average molecular weight is 384 g/mol. The summed E-state index contributed by atoms with van der Waals surface area (Å²) in [7, 11) is 0. The Balaban J connectivity index is 1.42. The normalized spacial score (nSPS) is 13.3. The van der Waals surface area contributed by atoms with Crippen molar-refractivity contribution in [1.82, 2.24) is 30.3 Å². The highest BCUT2D eigenvalue weighted by Crippen LogP contribution is 2.26. The zero-order chi connectivity index (χ0) is 19.6. The molecule has 29 heavy (non-hydrogen) atoms. The Bertz CT molecular complexity index is 1130. The molecule has 2 aromatic carbocycles. The second-order valence-corrected chi connectivity index (χ2v) is 7.15. The van der Waals surface area contributed by atoms with E-state index in [9.17, 15) is 4.79 Å². The van der Waals surface area contributed by atoms with Crippen molar-refractivity contribution in [3.8, 4) is 11.4 Å². The lowest BCUT2D eigenvalue weighted by Crippen LogP contribution is -2.36. The first-order valence-corrected chi connectivity index (χ1v) is 9.62. The fourth-order valence-electron chi connectivity index (χ4n) is 3.84. The van der Waals surface area contributed by atoms with Crippen molar-refractivity contribution in [3.05, 3.63) is 89.0 Å². The molecule has 1 aliphatic heterocycles. The van der Waals surface area contributed by atoms with Crippen LogP contribution >= 0.6 is 0 Å². The van der Waals surface area contributed by atoms with Crippen LogP contribution in [0.4, 0.5) is 0 Å². The van der Waals surface area contributed by atoms with E-state index in [2.05, 4.69) is 37.5 Å². The molecule has 7 heteroatoms. The number of hydrogen-bond donors (Lipinski definition) is 2. The topological polar surface area (TPSA) is 90.6 Å². The lowest BCUT2D eigenvalue weighted by atomic mass is 9.99. The third-order valence-corrected chi connectivity index (χ3v) is 5.35. The van der Waals surface area contributed by atoms with E-state index in [4.69, 9.17) is 0 Å². The number of fused-ring (bicyclic) bond motifs is 1. The summed E-state index contributed by atoms with van der Waals surface area (Å²) in [6.45, 7) is 1.21. The summed E-state index contributed by atoms with van der Waals surface area (Å²) in [4.78, 5) is 19.5. The summed E-state index contributed by atoms with van der Waals surface area (Å²) in [5, 5.41) is 14.5. The Morgan fingerprint density at radius 1 is 1.03 bits per heavy atom. The number of nitrogens with zero attached hydrogens (tertiary/aromatic N) is 4.